The van der Waals surface area contributed by atoms with Gasteiger partial charge in [0.1, 0.15) is 5.60 Å². The molecule has 0 aliphatic carbocycles. The lowest BCUT2D eigenvalue weighted by Crippen LogP contribution is -2.23. The Hall–Kier alpha value is -1.61. The Kier molecular flexibility index (Phi) is 2.32. The molecule has 0 saturated heterocycles. The van der Waals surface area contributed by atoms with Gasteiger partial charge in [0.25, 0.3) is 0 Å². The highest BCUT2D eigenvalue weighted by molar-refractivity contribution is 5.30. The molecule has 0 aliphatic rings. The molecule has 3 heteroatoms. The van der Waals surface area contributed by atoms with Gasteiger partial charge in [0.15, 0.2) is 0 Å². The van der Waals surface area contributed by atoms with Crippen LogP contribution in [-0.2, 0) is 12.6 Å². The third-order valence-electron chi connectivity index (χ3n) is 2.55. The number of aromatic nitrogens is 2. The van der Waals surface area contributed by atoms with Crippen molar-refractivity contribution in [2.45, 2.75) is 12.5 Å². The van der Waals surface area contributed by atoms with Crippen molar-refractivity contribution in [1.29, 1.82) is 0 Å². The van der Waals surface area contributed by atoms with Crippen LogP contribution >= 0.6 is 0 Å². The number of hydrogen-bond acceptors (Lipinski definition) is 2. The van der Waals surface area contributed by atoms with Gasteiger partial charge in [0.2, 0.25) is 0 Å². The summed E-state index contributed by atoms with van der Waals surface area (Å²) in [5.74, 6) is 0. The maximum Gasteiger partial charge on any atom is 0.130 e. The predicted octanol–water partition coefficient (Wildman–Crippen LogP) is 1.68. The molecule has 1 N–H and O–H groups in total. The highest BCUT2D eigenvalue weighted by atomic mass is 16.3. The molecule has 0 fully saturated rings. The molecule has 15 heavy (non-hydrogen) atoms. The molecule has 1 atom stereocenters. The molecule has 0 amide bonds. The van der Waals surface area contributed by atoms with E-state index in [9.17, 15) is 5.11 Å². The van der Waals surface area contributed by atoms with E-state index in [0.29, 0.717) is 5.69 Å². The summed E-state index contributed by atoms with van der Waals surface area (Å²) in [5, 5.41) is 14.6. The van der Waals surface area contributed by atoms with Gasteiger partial charge >= 0.3 is 0 Å². The Balaban J connectivity index is 2.43. The molecule has 0 spiro atoms. The minimum atomic E-state index is -1.03. The van der Waals surface area contributed by atoms with Crippen LogP contribution in [0.3, 0.4) is 0 Å². The SMILES string of the molecule is Cn1ccc(C(C)(O)c2ccccc2)n1. The van der Waals surface area contributed by atoms with Crippen molar-refractivity contribution in [3.8, 4) is 0 Å². The van der Waals surface area contributed by atoms with Crippen molar-refractivity contribution in [1.82, 2.24) is 9.78 Å². The molecule has 1 unspecified atom stereocenters. The largest absolute Gasteiger partial charge is 0.379 e. The van der Waals surface area contributed by atoms with Crippen LogP contribution in [-0.4, -0.2) is 14.9 Å². The van der Waals surface area contributed by atoms with Gasteiger partial charge in [0, 0.05) is 13.2 Å². The van der Waals surface area contributed by atoms with Crippen molar-refractivity contribution >= 4 is 0 Å². The van der Waals surface area contributed by atoms with Crippen LogP contribution in [0.1, 0.15) is 18.2 Å². The second-order valence-corrected chi connectivity index (χ2v) is 3.81. The van der Waals surface area contributed by atoms with Gasteiger partial charge in [-0.2, -0.15) is 5.10 Å². The first-order valence-electron chi connectivity index (χ1n) is 4.89. The van der Waals surface area contributed by atoms with Crippen molar-refractivity contribution in [2.24, 2.45) is 7.05 Å². The Morgan fingerprint density at radius 1 is 1.20 bits per heavy atom. The zero-order valence-electron chi connectivity index (χ0n) is 8.88. The van der Waals surface area contributed by atoms with E-state index in [1.54, 1.807) is 11.6 Å². The second kappa shape index (κ2) is 3.51. The monoisotopic (exact) mass is 202 g/mol. The number of hydrogen-bond donors (Lipinski definition) is 1. The molecule has 0 saturated carbocycles. The number of aryl methyl sites for hydroxylation is 1. The molecule has 0 aliphatic heterocycles. The summed E-state index contributed by atoms with van der Waals surface area (Å²) in [5.41, 5.74) is 0.489. The van der Waals surface area contributed by atoms with Crippen LogP contribution < -0.4 is 0 Å². The van der Waals surface area contributed by atoms with E-state index in [0.717, 1.165) is 5.56 Å². The fraction of sp³-hybridized carbons (Fsp3) is 0.250. The van der Waals surface area contributed by atoms with E-state index >= 15 is 0 Å². The summed E-state index contributed by atoms with van der Waals surface area (Å²) in [6.45, 7) is 1.75. The molecule has 1 heterocycles. The summed E-state index contributed by atoms with van der Waals surface area (Å²) in [7, 11) is 1.84. The lowest BCUT2D eigenvalue weighted by Gasteiger charge is -2.21. The minimum absolute atomic E-state index is 0.663. The van der Waals surface area contributed by atoms with Crippen LogP contribution in [0.25, 0.3) is 0 Å². The first kappa shape index (κ1) is 9.93. The van der Waals surface area contributed by atoms with Crippen molar-refractivity contribution in [3.63, 3.8) is 0 Å². The fourth-order valence-corrected chi connectivity index (χ4v) is 1.59. The number of rotatable bonds is 2. The molecular formula is C12H14N2O. The van der Waals surface area contributed by atoms with E-state index in [-0.39, 0.29) is 0 Å². The van der Waals surface area contributed by atoms with Gasteiger partial charge in [-0.15, -0.1) is 0 Å². The van der Waals surface area contributed by atoms with Gasteiger partial charge < -0.3 is 5.11 Å². The molecule has 0 bridgehead atoms. The molecule has 1 aromatic carbocycles. The van der Waals surface area contributed by atoms with Crippen LogP contribution in [0.5, 0.6) is 0 Å². The Morgan fingerprint density at radius 2 is 1.87 bits per heavy atom. The molecule has 1 aromatic heterocycles. The van der Waals surface area contributed by atoms with E-state index in [2.05, 4.69) is 5.10 Å². The van der Waals surface area contributed by atoms with Gasteiger partial charge in [-0.1, -0.05) is 30.3 Å². The number of aliphatic hydroxyl groups is 1. The molecule has 0 radical (unpaired) electrons. The van der Waals surface area contributed by atoms with Gasteiger partial charge in [-0.25, -0.2) is 0 Å². The van der Waals surface area contributed by atoms with E-state index in [1.165, 1.54) is 0 Å². The smallest absolute Gasteiger partial charge is 0.130 e. The van der Waals surface area contributed by atoms with Gasteiger partial charge in [-0.3, -0.25) is 4.68 Å². The average molecular weight is 202 g/mol. The zero-order valence-corrected chi connectivity index (χ0v) is 8.88. The molecule has 78 valence electrons. The topological polar surface area (TPSA) is 38.0 Å². The lowest BCUT2D eigenvalue weighted by molar-refractivity contribution is 0.0967. The highest BCUT2D eigenvalue weighted by Gasteiger charge is 2.27. The van der Waals surface area contributed by atoms with E-state index < -0.39 is 5.60 Å². The highest BCUT2D eigenvalue weighted by Crippen LogP contribution is 2.26. The average Bonchev–Trinajstić information content (AvgIpc) is 2.67. The molecule has 2 aromatic rings. The van der Waals surface area contributed by atoms with Crippen molar-refractivity contribution < 1.29 is 5.11 Å². The summed E-state index contributed by atoms with van der Waals surface area (Å²) in [4.78, 5) is 0. The summed E-state index contributed by atoms with van der Waals surface area (Å²) in [6, 6.07) is 11.4. The Bertz CT molecular complexity index is 446. The van der Waals surface area contributed by atoms with E-state index in [4.69, 9.17) is 0 Å². The number of nitrogens with zero attached hydrogens (tertiary/aromatic N) is 2. The van der Waals surface area contributed by atoms with E-state index in [1.807, 2.05) is 49.6 Å². The summed E-state index contributed by atoms with van der Waals surface area (Å²) >= 11 is 0. The second-order valence-electron chi connectivity index (χ2n) is 3.81. The standard InChI is InChI=1S/C12H14N2O/c1-12(15,10-6-4-3-5-7-10)11-8-9-14(2)13-11/h3-9,15H,1-2H3. The summed E-state index contributed by atoms with van der Waals surface area (Å²) in [6.07, 6.45) is 1.83. The lowest BCUT2D eigenvalue weighted by atomic mass is 9.93. The van der Waals surface area contributed by atoms with Crippen LogP contribution in [0.15, 0.2) is 42.6 Å². The van der Waals surface area contributed by atoms with Crippen LogP contribution in [0.4, 0.5) is 0 Å². The van der Waals surface area contributed by atoms with Crippen molar-refractivity contribution in [3.05, 3.63) is 53.9 Å². The fourth-order valence-electron chi connectivity index (χ4n) is 1.59. The van der Waals surface area contributed by atoms with Crippen LogP contribution in [0.2, 0.25) is 0 Å². The Labute approximate surface area is 89.0 Å². The van der Waals surface area contributed by atoms with Crippen LogP contribution in [0, 0.1) is 0 Å². The zero-order chi connectivity index (χ0) is 10.9. The van der Waals surface area contributed by atoms with Gasteiger partial charge in [0.05, 0.1) is 5.69 Å². The normalized spacial score (nSPS) is 14.9. The molecular weight excluding hydrogens is 188 g/mol. The Morgan fingerprint density at radius 3 is 2.40 bits per heavy atom. The van der Waals surface area contributed by atoms with Gasteiger partial charge in [-0.05, 0) is 18.6 Å². The maximum absolute atomic E-state index is 10.4. The summed E-state index contributed by atoms with van der Waals surface area (Å²) < 4.78 is 1.69. The minimum Gasteiger partial charge on any atom is -0.379 e. The third-order valence-corrected chi connectivity index (χ3v) is 2.55. The predicted molar refractivity (Wildman–Crippen MR) is 58.3 cm³/mol. The molecule has 2 rings (SSSR count). The van der Waals surface area contributed by atoms with Crippen molar-refractivity contribution in [2.75, 3.05) is 0 Å². The first-order chi connectivity index (χ1) is 7.10. The quantitative estimate of drug-likeness (QED) is 0.804. The molecule has 3 nitrogen and oxygen atoms in total. The first-order valence-corrected chi connectivity index (χ1v) is 4.89. The third kappa shape index (κ3) is 1.78. The maximum atomic E-state index is 10.4. The number of benzene rings is 1.